The van der Waals surface area contributed by atoms with Crippen molar-refractivity contribution in [1.29, 1.82) is 0 Å². The molecule has 5 heteroatoms. The summed E-state index contributed by atoms with van der Waals surface area (Å²) in [6, 6.07) is 9.09. The third-order valence-electron chi connectivity index (χ3n) is 5.01. The number of benzene rings is 1. The van der Waals surface area contributed by atoms with Gasteiger partial charge in [-0.25, -0.2) is 0 Å². The Hall–Kier alpha value is -1.33. The highest BCUT2D eigenvalue weighted by Gasteiger charge is 2.37. The molecule has 2 unspecified atom stereocenters. The number of carbonyl (C=O) groups is 1. The number of piperidine rings is 1. The van der Waals surface area contributed by atoms with Crippen molar-refractivity contribution in [1.82, 2.24) is 10.2 Å². The van der Waals surface area contributed by atoms with Gasteiger partial charge in [0.05, 0.1) is 0 Å². The number of furan rings is 1. The van der Waals surface area contributed by atoms with Crippen LogP contribution in [0.15, 0.2) is 33.2 Å². The van der Waals surface area contributed by atoms with Crippen LogP contribution in [0.25, 0.3) is 11.0 Å². The Morgan fingerprint density at radius 3 is 2.73 bits per heavy atom. The maximum atomic E-state index is 12.7. The zero-order chi connectivity index (χ0) is 15.3. The normalized spacial score (nSPS) is 27.3. The zero-order valence-electron chi connectivity index (χ0n) is 12.5. The first-order valence-corrected chi connectivity index (χ1v) is 8.62. The van der Waals surface area contributed by atoms with Crippen LogP contribution in [-0.2, 0) is 0 Å². The molecule has 2 atom stereocenters. The Balaban J connectivity index is 1.56. The maximum Gasteiger partial charge on any atom is 0.289 e. The standard InChI is InChI=1S/C17H19BrN2O2/c1-20(14-8-12-3-4-13(9-14)19-12)17(21)16-7-10-6-11(18)2-5-15(10)22-16/h2,5-7,12-14,19H,3-4,8-9H2,1H3. The summed E-state index contributed by atoms with van der Waals surface area (Å²) in [6.07, 6.45) is 4.57. The minimum absolute atomic E-state index is 0.0152. The molecule has 22 heavy (non-hydrogen) atoms. The van der Waals surface area contributed by atoms with Gasteiger partial charge in [0, 0.05) is 35.0 Å². The van der Waals surface area contributed by atoms with E-state index >= 15 is 0 Å². The van der Waals surface area contributed by atoms with Crippen molar-refractivity contribution >= 4 is 32.8 Å². The maximum absolute atomic E-state index is 12.7. The summed E-state index contributed by atoms with van der Waals surface area (Å²) in [6.45, 7) is 0. The summed E-state index contributed by atoms with van der Waals surface area (Å²) in [4.78, 5) is 14.6. The van der Waals surface area contributed by atoms with E-state index in [1.807, 2.05) is 36.2 Å². The lowest BCUT2D eigenvalue weighted by atomic mass is 9.98. The smallest absolute Gasteiger partial charge is 0.289 e. The van der Waals surface area contributed by atoms with Gasteiger partial charge in [-0.3, -0.25) is 4.79 Å². The highest BCUT2D eigenvalue weighted by molar-refractivity contribution is 9.10. The minimum Gasteiger partial charge on any atom is -0.451 e. The summed E-state index contributed by atoms with van der Waals surface area (Å²) >= 11 is 3.45. The summed E-state index contributed by atoms with van der Waals surface area (Å²) in [5.74, 6) is 0.417. The molecule has 2 aliphatic rings. The van der Waals surface area contributed by atoms with Crippen molar-refractivity contribution in [3.8, 4) is 0 Å². The number of nitrogens with one attached hydrogen (secondary N) is 1. The first-order chi connectivity index (χ1) is 10.6. The highest BCUT2D eigenvalue weighted by atomic mass is 79.9. The van der Waals surface area contributed by atoms with Gasteiger partial charge in [0.25, 0.3) is 5.91 Å². The molecule has 2 saturated heterocycles. The fourth-order valence-electron chi connectivity index (χ4n) is 3.80. The number of amides is 1. The van der Waals surface area contributed by atoms with E-state index < -0.39 is 0 Å². The molecule has 0 saturated carbocycles. The fourth-order valence-corrected chi connectivity index (χ4v) is 4.18. The van der Waals surface area contributed by atoms with Crippen molar-refractivity contribution in [2.45, 2.75) is 43.8 Å². The number of carbonyl (C=O) groups excluding carboxylic acids is 1. The molecule has 0 radical (unpaired) electrons. The summed E-state index contributed by atoms with van der Waals surface area (Å²) < 4.78 is 6.73. The Bertz CT molecular complexity index is 715. The van der Waals surface area contributed by atoms with Crippen molar-refractivity contribution in [2.75, 3.05) is 7.05 Å². The predicted molar refractivity (Wildman–Crippen MR) is 89.0 cm³/mol. The molecule has 116 valence electrons. The average Bonchev–Trinajstić information content (AvgIpc) is 3.08. The van der Waals surface area contributed by atoms with Gasteiger partial charge in [-0.2, -0.15) is 0 Å². The fraction of sp³-hybridized carbons (Fsp3) is 0.471. The number of halogens is 1. The molecule has 1 aromatic heterocycles. The van der Waals surface area contributed by atoms with Crippen molar-refractivity contribution in [3.63, 3.8) is 0 Å². The minimum atomic E-state index is -0.0152. The number of hydrogen-bond acceptors (Lipinski definition) is 3. The molecule has 4 rings (SSSR count). The van der Waals surface area contributed by atoms with E-state index in [0.29, 0.717) is 23.9 Å². The Kier molecular flexibility index (Phi) is 3.50. The van der Waals surface area contributed by atoms with Gasteiger partial charge in [-0.15, -0.1) is 0 Å². The van der Waals surface area contributed by atoms with Crippen molar-refractivity contribution in [3.05, 3.63) is 34.5 Å². The molecule has 1 N–H and O–H groups in total. The van der Waals surface area contributed by atoms with Crippen LogP contribution in [0.3, 0.4) is 0 Å². The predicted octanol–water partition coefficient (Wildman–Crippen LogP) is 3.55. The van der Waals surface area contributed by atoms with E-state index in [-0.39, 0.29) is 5.91 Å². The second-order valence-electron chi connectivity index (χ2n) is 6.47. The molecule has 2 fully saturated rings. The molecule has 3 heterocycles. The average molecular weight is 363 g/mol. The van der Waals surface area contributed by atoms with E-state index in [9.17, 15) is 4.79 Å². The third kappa shape index (κ3) is 2.46. The zero-order valence-corrected chi connectivity index (χ0v) is 14.1. The van der Waals surface area contributed by atoms with Crippen LogP contribution >= 0.6 is 15.9 Å². The molecular weight excluding hydrogens is 344 g/mol. The van der Waals surface area contributed by atoms with Crippen LogP contribution in [0.2, 0.25) is 0 Å². The van der Waals surface area contributed by atoms with Crippen LogP contribution in [-0.4, -0.2) is 36.0 Å². The lowest BCUT2D eigenvalue weighted by molar-refractivity contribution is 0.0652. The third-order valence-corrected chi connectivity index (χ3v) is 5.50. The molecule has 0 aliphatic carbocycles. The first-order valence-electron chi connectivity index (χ1n) is 7.82. The molecule has 0 spiro atoms. The quantitative estimate of drug-likeness (QED) is 0.888. The monoisotopic (exact) mass is 362 g/mol. The largest absolute Gasteiger partial charge is 0.451 e. The van der Waals surface area contributed by atoms with Crippen LogP contribution < -0.4 is 5.32 Å². The Morgan fingerprint density at radius 1 is 1.27 bits per heavy atom. The molecule has 1 aromatic carbocycles. The van der Waals surface area contributed by atoms with Gasteiger partial charge in [0.2, 0.25) is 0 Å². The summed E-state index contributed by atoms with van der Waals surface area (Å²) in [5.41, 5.74) is 0.755. The van der Waals surface area contributed by atoms with Gasteiger partial charge in [0.1, 0.15) is 5.58 Å². The molecule has 1 amide bonds. The number of nitrogens with zero attached hydrogens (tertiary/aromatic N) is 1. The Morgan fingerprint density at radius 2 is 2.00 bits per heavy atom. The number of rotatable bonds is 2. The van der Waals surface area contributed by atoms with Crippen LogP contribution in [0.1, 0.15) is 36.2 Å². The van der Waals surface area contributed by atoms with Gasteiger partial charge in [0.15, 0.2) is 5.76 Å². The molecule has 2 aliphatic heterocycles. The van der Waals surface area contributed by atoms with Gasteiger partial charge in [-0.05, 0) is 49.9 Å². The van der Waals surface area contributed by atoms with Crippen LogP contribution in [0.5, 0.6) is 0 Å². The van der Waals surface area contributed by atoms with Gasteiger partial charge >= 0.3 is 0 Å². The summed E-state index contributed by atoms with van der Waals surface area (Å²) in [5, 5.41) is 4.57. The molecule has 2 bridgehead atoms. The highest BCUT2D eigenvalue weighted by Crippen LogP contribution is 2.30. The topological polar surface area (TPSA) is 45.5 Å². The lowest BCUT2D eigenvalue weighted by Gasteiger charge is -2.35. The summed E-state index contributed by atoms with van der Waals surface area (Å²) in [7, 11) is 1.90. The second-order valence-corrected chi connectivity index (χ2v) is 7.39. The van der Waals surface area contributed by atoms with Crippen LogP contribution in [0.4, 0.5) is 0 Å². The van der Waals surface area contributed by atoms with E-state index in [2.05, 4.69) is 21.2 Å². The van der Waals surface area contributed by atoms with Gasteiger partial charge in [-0.1, -0.05) is 15.9 Å². The first kappa shape index (κ1) is 14.3. The van der Waals surface area contributed by atoms with E-state index in [0.717, 1.165) is 28.3 Å². The lowest BCUT2D eigenvalue weighted by Crippen LogP contribution is -2.48. The number of fused-ring (bicyclic) bond motifs is 3. The second kappa shape index (κ2) is 5.39. The van der Waals surface area contributed by atoms with E-state index in [1.54, 1.807) is 0 Å². The Labute approximate surface area is 138 Å². The van der Waals surface area contributed by atoms with Gasteiger partial charge < -0.3 is 14.6 Å². The molecular formula is C17H19BrN2O2. The number of hydrogen-bond donors (Lipinski definition) is 1. The van der Waals surface area contributed by atoms with Crippen molar-refractivity contribution in [2.24, 2.45) is 0 Å². The van der Waals surface area contributed by atoms with E-state index in [1.165, 1.54) is 12.8 Å². The molecule has 4 nitrogen and oxygen atoms in total. The SMILES string of the molecule is CN(C(=O)c1cc2cc(Br)ccc2o1)C1CC2CCC(C1)N2. The van der Waals surface area contributed by atoms with E-state index in [4.69, 9.17) is 4.42 Å². The van der Waals surface area contributed by atoms with Crippen LogP contribution in [0, 0.1) is 0 Å². The van der Waals surface area contributed by atoms with Crippen molar-refractivity contribution < 1.29 is 9.21 Å². The molecule has 2 aromatic rings.